The molecule has 0 amide bonds. The Kier molecular flexibility index (Phi) is 6.95. The van der Waals surface area contributed by atoms with Crippen molar-refractivity contribution in [1.82, 2.24) is 5.32 Å². The fourth-order valence-corrected chi connectivity index (χ4v) is 2.47. The average molecular weight is 233 g/mol. The molecule has 0 heterocycles. The second kappa shape index (κ2) is 8.30. The summed E-state index contributed by atoms with van der Waals surface area (Å²) in [5.74, 6) is 0.883. The van der Waals surface area contributed by atoms with Crippen LogP contribution in [0.25, 0.3) is 0 Å². The zero-order valence-corrected chi connectivity index (χ0v) is 11.6. The lowest BCUT2D eigenvalue weighted by Gasteiger charge is -2.17. The van der Waals surface area contributed by atoms with Crippen molar-refractivity contribution in [2.24, 2.45) is 5.92 Å². The van der Waals surface area contributed by atoms with Crippen molar-refractivity contribution in [3.05, 3.63) is 35.9 Å². The maximum absolute atomic E-state index is 3.42. The normalized spacial score (nSPS) is 14.5. The van der Waals surface area contributed by atoms with E-state index in [0.717, 1.165) is 5.92 Å². The van der Waals surface area contributed by atoms with Gasteiger partial charge in [-0.15, -0.1) is 0 Å². The maximum atomic E-state index is 3.42. The van der Waals surface area contributed by atoms with Crippen molar-refractivity contribution in [3.63, 3.8) is 0 Å². The second-order valence-corrected chi connectivity index (χ2v) is 5.08. The van der Waals surface area contributed by atoms with E-state index in [2.05, 4.69) is 56.5 Å². The number of hydrogen-bond acceptors (Lipinski definition) is 1. The van der Waals surface area contributed by atoms with Gasteiger partial charge in [0.15, 0.2) is 0 Å². The molecule has 96 valence electrons. The molecule has 0 fully saturated rings. The van der Waals surface area contributed by atoms with Gasteiger partial charge < -0.3 is 5.32 Å². The molecule has 0 aromatic heterocycles. The highest BCUT2D eigenvalue weighted by molar-refractivity contribution is 5.18. The molecule has 1 rings (SSSR count). The number of rotatable bonds is 8. The van der Waals surface area contributed by atoms with E-state index in [-0.39, 0.29) is 0 Å². The smallest absolute Gasteiger partial charge is 0.0317 e. The summed E-state index contributed by atoms with van der Waals surface area (Å²) in [4.78, 5) is 0. The summed E-state index contributed by atoms with van der Waals surface area (Å²) in [6.07, 6.45) is 6.61. The number of hydrogen-bond donors (Lipinski definition) is 1. The Morgan fingerprint density at radius 3 is 2.35 bits per heavy atom. The van der Waals surface area contributed by atoms with E-state index in [0.29, 0.717) is 6.04 Å². The van der Waals surface area contributed by atoms with Gasteiger partial charge in [-0.2, -0.15) is 0 Å². The molecule has 1 aromatic carbocycles. The van der Waals surface area contributed by atoms with E-state index in [9.17, 15) is 0 Å². The Labute approximate surface area is 107 Å². The van der Waals surface area contributed by atoms with E-state index >= 15 is 0 Å². The van der Waals surface area contributed by atoms with Crippen LogP contribution in [0, 0.1) is 5.92 Å². The molecular formula is C16H27N. The van der Waals surface area contributed by atoms with Gasteiger partial charge in [-0.05, 0) is 24.9 Å². The fourth-order valence-electron chi connectivity index (χ4n) is 2.47. The van der Waals surface area contributed by atoms with Crippen LogP contribution in [-0.4, -0.2) is 7.05 Å². The summed E-state index contributed by atoms with van der Waals surface area (Å²) in [6, 6.07) is 11.3. The molecule has 0 bridgehead atoms. The molecule has 0 aliphatic heterocycles. The molecule has 0 spiro atoms. The molecule has 1 N–H and O–H groups in total. The van der Waals surface area contributed by atoms with Gasteiger partial charge in [0.1, 0.15) is 0 Å². The fraction of sp³-hybridized carbons (Fsp3) is 0.625. The van der Waals surface area contributed by atoms with Gasteiger partial charge in [-0.3, -0.25) is 0 Å². The predicted octanol–water partition coefficient (Wildman–Crippen LogP) is 4.55. The van der Waals surface area contributed by atoms with Crippen LogP contribution >= 0.6 is 0 Å². The Hall–Kier alpha value is -0.820. The van der Waals surface area contributed by atoms with E-state index in [4.69, 9.17) is 0 Å². The second-order valence-electron chi connectivity index (χ2n) is 5.08. The molecule has 1 aromatic rings. The van der Waals surface area contributed by atoms with Crippen LogP contribution in [-0.2, 0) is 0 Å². The molecule has 0 aliphatic carbocycles. The monoisotopic (exact) mass is 233 g/mol. The van der Waals surface area contributed by atoms with Crippen molar-refractivity contribution >= 4 is 0 Å². The Bertz CT molecular complexity index is 281. The molecule has 1 nitrogen and oxygen atoms in total. The molecule has 0 saturated heterocycles. The van der Waals surface area contributed by atoms with Crippen molar-refractivity contribution < 1.29 is 0 Å². The highest BCUT2D eigenvalue weighted by Crippen LogP contribution is 2.21. The molecule has 0 aliphatic rings. The van der Waals surface area contributed by atoms with E-state index in [1.165, 1.54) is 37.7 Å². The average Bonchev–Trinajstić information content (AvgIpc) is 2.36. The summed E-state index contributed by atoms with van der Waals surface area (Å²) in [7, 11) is 2.06. The van der Waals surface area contributed by atoms with Crippen LogP contribution in [0.4, 0.5) is 0 Å². The summed E-state index contributed by atoms with van der Waals surface area (Å²) >= 11 is 0. The van der Waals surface area contributed by atoms with Crippen LogP contribution in [0.3, 0.4) is 0 Å². The minimum atomic E-state index is 0.519. The molecule has 1 heteroatoms. The van der Waals surface area contributed by atoms with E-state index < -0.39 is 0 Å². The van der Waals surface area contributed by atoms with Gasteiger partial charge >= 0.3 is 0 Å². The van der Waals surface area contributed by atoms with E-state index in [1.54, 1.807) is 0 Å². The largest absolute Gasteiger partial charge is 0.313 e. The predicted molar refractivity (Wildman–Crippen MR) is 76.2 cm³/mol. The molecule has 0 saturated carbocycles. The maximum Gasteiger partial charge on any atom is 0.0317 e. The van der Waals surface area contributed by atoms with Gasteiger partial charge in [0.05, 0.1) is 0 Å². The van der Waals surface area contributed by atoms with Crippen molar-refractivity contribution in [1.29, 1.82) is 0 Å². The van der Waals surface area contributed by atoms with Crippen LogP contribution < -0.4 is 5.32 Å². The summed E-state index contributed by atoms with van der Waals surface area (Å²) in [5.41, 5.74) is 1.41. The third-order valence-electron chi connectivity index (χ3n) is 3.52. The quantitative estimate of drug-likeness (QED) is 0.694. The third kappa shape index (κ3) is 5.36. The molecule has 2 unspecified atom stereocenters. The summed E-state index contributed by atoms with van der Waals surface area (Å²) in [5, 5.41) is 3.42. The van der Waals surface area contributed by atoms with Crippen molar-refractivity contribution in [2.75, 3.05) is 7.05 Å². The molecular weight excluding hydrogens is 206 g/mol. The van der Waals surface area contributed by atoms with Gasteiger partial charge in [0.2, 0.25) is 0 Å². The highest BCUT2D eigenvalue weighted by atomic mass is 14.9. The van der Waals surface area contributed by atoms with Gasteiger partial charge in [0.25, 0.3) is 0 Å². The summed E-state index contributed by atoms with van der Waals surface area (Å²) in [6.45, 7) is 4.65. The van der Waals surface area contributed by atoms with Crippen LogP contribution in [0.5, 0.6) is 0 Å². The minimum Gasteiger partial charge on any atom is -0.313 e. The van der Waals surface area contributed by atoms with Crippen molar-refractivity contribution in [2.45, 2.75) is 52.0 Å². The number of benzene rings is 1. The van der Waals surface area contributed by atoms with Gasteiger partial charge in [0, 0.05) is 6.04 Å². The molecule has 0 radical (unpaired) electrons. The van der Waals surface area contributed by atoms with Gasteiger partial charge in [-0.1, -0.05) is 69.9 Å². The Balaban J connectivity index is 2.33. The minimum absolute atomic E-state index is 0.519. The zero-order valence-electron chi connectivity index (χ0n) is 11.6. The zero-order chi connectivity index (χ0) is 12.5. The Morgan fingerprint density at radius 2 is 1.76 bits per heavy atom. The lowest BCUT2D eigenvalue weighted by atomic mass is 9.95. The van der Waals surface area contributed by atoms with Crippen LogP contribution in [0.2, 0.25) is 0 Å². The first-order chi connectivity index (χ1) is 8.27. The highest BCUT2D eigenvalue weighted by Gasteiger charge is 2.09. The SMILES string of the molecule is CCCC(C)CCCC(NC)c1ccccc1. The first-order valence-corrected chi connectivity index (χ1v) is 7.00. The van der Waals surface area contributed by atoms with E-state index in [1.807, 2.05) is 0 Å². The van der Waals surface area contributed by atoms with Gasteiger partial charge in [-0.25, -0.2) is 0 Å². The topological polar surface area (TPSA) is 12.0 Å². The van der Waals surface area contributed by atoms with Crippen molar-refractivity contribution in [3.8, 4) is 0 Å². The lowest BCUT2D eigenvalue weighted by molar-refractivity contribution is 0.430. The lowest BCUT2D eigenvalue weighted by Crippen LogP contribution is -2.16. The first-order valence-electron chi connectivity index (χ1n) is 7.00. The summed E-state index contributed by atoms with van der Waals surface area (Å²) < 4.78 is 0. The molecule has 17 heavy (non-hydrogen) atoms. The first kappa shape index (κ1) is 14.2. The van der Waals surface area contributed by atoms with Crippen LogP contribution in [0.1, 0.15) is 57.6 Å². The molecule has 2 atom stereocenters. The van der Waals surface area contributed by atoms with Crippen LogP contribution in [0.15, 0.2) is 30.3 Å². The third-order valence-corrected chi connectivity index (χ3v) is 3.52. The Morgan fingerprint density at radius 1 is 1.06 bits per heavy atom. The number of nitrogens with one attached hydrogen (secondary N) is 1. The standard InChI is InChI=1S/C16H27N/c1-4-9-14(2)10-8-13-16(17-3)15-11-6-5-7-12-15/h5-7,11-12,14,16-17H,4,8-10,13H2,1-3H3.